The topological polar surface area (TPSA) is 76.4 Å². The summed E-state index contributed by atoms with van der Waals surface area (Å²) in [4.78, 5) is 6.00. The van der Waals surface area contributed by atoms with E-state index >= 15 is 0 Å². The van der Waals surface area contributed by atoms with Crippen LogP contribution in [0, 0.1) is 6.92 Å². The number of aryl methyl sites for hydroxylation is 1. The smallest absolute Gasteiger partial charge is 0.192 e. The van der Waals surface area contributed by atoms with E-state index in [2.05, 4.69) is 57.4 Å². The summed E-state index contributed by atoms with van der Waals surface area (Å²) in [5, 5.41) is 17.3. The molecule has 0 aliphatic rings. The van der Waals surface area contributed by atoms with Crippen LogP contribution in [0.4, 0.5) is 0 Å². The quantitative estimate of drug-likeness (QED) is 0.439. The first-order valence-electron chi connectivity index (χ1n) is 9.63. The van der Waals surface area contributed by atoms with Crippen molar-refractivity contribution in [2.75, 3.05) is 13.7 Å². The van der Waals surface area contributed by atoms with Crippen molar-refractivity contribution in [3.63, 3.8) is 0 Å². The number of rotatable bonds is 8. The predicted molar refractivity (Wildman–Crippen MR) is 117 cm³/mol. The van der Waals surface area contributed by atoms with Gasteiger partial charge in [0.05, 0.1) is 13.2 Å². The summed E-state index contributed by atoms with van der Waals surface area (Å²) in [7, 11) is 3.64. The molecule has 7 nitrogen and oxygen atoms in total. The van der Waals surface area contributed by atoms with Gasteiger partial charge in [0.15, 0.2) is 11.8 Å². The molecule has 2 N–H and O–H groups in total. The number of nitrogens with one attached hydrogen (secondary N) is 2. The summed E-state index contributed by atoms with van der Waals surface area (Å²) in [5.74, 6) is 3.35. The summed E-state index contributed by atoms with van der Waals surface area (Å²) in [5.41, 5.74) is 1.24. The highest BCUT2D eigenvalue weighted by atomic mass is 32.1. The van der Waals surface area contributed by atoms with Gasteiger partial charge in [0.25, 0.3) is 0 Å². The highest BCUT2D eigenvalue weighted by Gasteiger charge is 2.10. The molecule has 0 saturated carbocycles. The first kappa shape index (κ1) is 20.9. The molecule has 2 aromatic heterocycles. The van der Waals surface area contributed by atoms with Crippen molar-refractivity contribution < 1.29 is 4.74 Å². The molecule has 0 aliphatic carbocycles. The second-order valence-corrected chi connectivity index (χ2v) is 7.77. The highest BCUT2D eigenvalue weighted by Crippen LogP contribution is 2.18. The van der Waals surface area contributed by atoms with E-state index in [1.165, 1.54) is 10.4 Å². The minimum atomic E-state index is 0.170. The Hall–Kier alpha value is -2.87. The van der Waals surface area contributed by atoms with Gasteiger partial charge in [-0.3, -0.25) is 0 Å². The SMILES string of the molecule is COc1ccc(CCNC(=NCc2nnc(C)n2C)NC(C)c2cccs2)cc1. The average Bonchev–Trinajstić information content (AvgIpc) is 3.38. The Morgan fingerprint density at radius 2 is 2.03 bits per heavy atom. The largest absolute Gasteiger partial charge is 0.497 e. The van der Waals surface area contributed by atoms with Gasteiger partial charge in [-0.05, 0) is 49.4 Å². The number of guanidine groups is 1. The third-order valence-electron chi connectivity index (χ3n) is 4.75. The molecule has 1 unspecified atom stereocenters. The van der Waals surface area contributed by atoms with Crippen molar-refractivity contribution in [3.05, 3.63) is 63.9 Å². The summed E-state index contributed by atoms with van der Waals surface area (Å²) in [6.07, 6.45) is 0.890. The van der Waals surface area contributed by atoms with Crippen LogP contribution in [-0.4, -0.2) is 34.4 Å². The van der Waals surface area contributed by atoms with Gasteiger partial charge >= 0.3 is 0 Å². The van der Waals surface area contributed by atoms with Gasteiger partial charge < -0.3 is 19.9 Å². The van der Waals surface area contributed by atoms with Crippen LogP contribution in [0.1, 0.15) is 35.1 Å². The van der Waals surface area contributed by atoms with E-state index in [0.717, 1.165) is 36.3 Å². The first-order valence-corrected chi connectivity index (χ1v) is 10.5. The normalized spacial score (nSPS) is 12.6. The van der Waals surface area contributed by atoms with Gasteiger partial charge in [-0.15, -0.1) is 21.5 Å². The van der Waals surface area contributed by atoms with Crippen LogP contribution in [0.5, 0.6) is 5.75 Å². The molecule has 3 rings (SSSR count). The minimum Gasteiger partial charge on any atom is -0.497 e. The maximum absolute atomic E-state index is 5.22. The number of ether oxygens (including phenoxy) is 1. The summed E-state index contributed by atoms with van der Waals surface area (Å²) < 4.78 is 7.18. The molecule has 1 atom stereocenters. The third kappa shape index (κ3) is 5.80. The average molecular weight is 413 g/mol. The molecule has 0 amide bonds. The lowest BCUT2D eigenvalue weighted by molar-refractivity contribution is 0.414. The molecule has 0 fully saturated rings. The molecule has 2 heterocycles. The fraction of sp³-hybridized carbons (Fsp3) is 0.381. The van der Waals surface area contributed by atoms with Crippen LogP contribution in [0.15, 0.2) is 46.8 Å². The van der Waals surface area contributed by atoms with Gasteiger partial charge in [0, 0.05) is 18.5 Å². The predicted octanol–water partition coefficient (Wildman–Crippen LogP) is 3.23. The molecule has 0 aliphatic heterocycles. The van der Waals surface area contributed by atoms with Gasteiger partial charge in [0.2, 0.25) is 0 Å². The lowest BCUT2D eigenvalue weighted by Gasteiger charge is -2.17. The number of aliphatic imine (C=N–C) groups is 1. The Morgan fingerprint density at radius 3 is 2.66 bits per heavy atom. The summed E-state index contributed by atoms with van der Waals surface area (Å²) >= 11 is 1.73. The van der Waals surface area contributed by atoms with Crippen molar-refractivity contribution in [1.82, 2.24) is 25.4 Å². The lowest BCUT2D eigenvalue weighted by Crippen LogP contribution is -2.39. The minimum absolute atomic E-state index is 0.170. The van der Waals surface area contributed by atoms with E-state index < -0.39 is 0 Å². The monoisotopic (exact) mass is 412 g/mol. The second-order valence-electron chi connectivity index (χ2n) is 6.79. The van der Waals surface area contributed by atoms with Crippen LogP contribution in [-0.2, 0) is 20.0 Å². The van der Waals surface area contributed by atoms with Crippen LogP contribution < -0.4 is 15.4 Å². The number of thiophene rings is 1. The molecule has 29 heavy (non-hydrogen) atoms. The molecule has 0 bridgehead atoms. The van der Waals surface area contributed by atoms with Crippen molar-refractivity contribution >= 4 is 17.3 Å². The van der Waals surface area contributed by atoms with Crippen molar-refractivity contribution in [2.24, 2.45) is 12.0 Å². The first-order chi connectivity index (χ1) is 14.1. The van der Waals surface area contributed by atoms with E-state index in [4.69, 9.17) is 9.73 Å². The van der Waals surface area contributed by atoms with E-state index in [0.29, 0.717) is 6.54 Å². The number of benzene rings is 1. The molecule has 154 valence electrons. The van der Waals surface area contributed by atoms with E-state index in [1.807, 2.05) is 30.7 Å². The zero-order valence-electron chi connectivity index (χ0n) is 17.3. The number of aromatic nitrogens is 3. The zero-order chi connectivity index (χ0) is 20.6. The molecule has 1 aromatic carbocycles. The van der Waals surface area contributed by atoms with Crippen LogP contribution >= 0.6 is 11.3 Å². The van der Waals surface area contributed by atoms with Crippen LogP contribution in [0.3, 0.4) is 0 Å². The number of nitrogens with zero attached hydrogens (tertiary/aromatic N) is 4. The summed E-state index contributed by atoms with van der Waals surface area (Å²) in [6.45, 7) is 5.31. The number of hydrogen-bond acceptors (Lipinski definition) is 5. The summed E-state index contributed by atoms with van der Waals surface area (Å²) in [6, 6.07) is 12.5. The number of hydrogen-bond donors (Lipinski definition) is 2. The van der Waals surface area contributed by atoms with Crippen LogP contribution in [0.25, 0.3) is 0 Å². The Labute approximate surface area is 175 Å². The highest BCUT2D eigenvalue weighted by molar-refractivity contribution is 7.10. The molecular formula is C21H28N6OS. The van der Waals surface area contributed by atoms with Crippen molar-refractivity contribution in [3.8, 4) is 5.75 Å². The second kappa shape index (κ2) is 10.1. The van der Waals surface area contributed by atoms with Gasteiger partial charge in [-0.25, -0.2) is 4.99 Å². The Morgan fingerprint density at radius 1 is 1.24 bits per heavy atom. The molecule has 8 heteroatoms. The maximum Gasteiger partial charge on any atom is 0.192 e. The molecular weight excluding hydrogens is 384 g/mol. The fourth-order valence-electron chi connectivity index (χ4n) is 2.82. The zero-order valence-corrected chi connectivity index (χ0v) is 18.2. The molecule has 3 aromatic rings. The molecule has 0 saturated heterocycles. The molecule has 0 spiro atoms. The Bertz CT molecular complexity index is 917. The third-order valence-corrected chi connectivity index (χ3v) is 5.80. The molecule has 0 radical (unpaired) electrons. The van der Waals surface area contributed by atoms with E-state index in [1.54, 1.807) is 18.4 Å². The maximum atomic E-state index is 5.22. The lowest BCUT2D eigenvalue weighted by atomic mass is 10.1. The van der Waals surface area contributed by atoms with E-state index in [-0.39, 0.29) is 6.04 Å². The standard InChI is InChI=1S/C21H28N6OS/c1-15(19-6-5-13-29-19)24-21(23-14-20-26-25-16(2)27(20)3)22-12-11-17-7-9-18(28-4)10-8-17/h5-10,13,15H,11-12,14H2,1-4H3,(H2,22,23,24). The van der Waals surface area contributed by atoms with E-state index in [9.17, 15) is 0 Å². The fourth-order valence-corrected chi connectivity index (χ4v) is 3.56. The van der Waals surface area contributed by atoms with Crippen molar-refractivity contribution in [1.29, 1.82) is 0 Å². The van der Waals surface area contributed by atoms with Gasteiger partial charge in [-0.2, -0.15) is 0 Å². The Balaban J connectivity index is 1.64. The van der Waals surface area contributed by atoms with Crippen molar-refractivity contribution in [2.45, 2.75) is 32.9 Å². The number of methoxy groups -OCH3 is 1. The van der Waals surface area contributed by atoms with Crippen LogP contribution in [0.2, 0.25) is 0 Å². The Kier molecular flexibility index (Phi) is 7.24. The van der Waals surface area contributed by atoms with Gasteiger partial charge in [-0.1, -0.05) is 18.2 Å². The van der Waals surface area contributed by atoms with Gasteiger partial charge in [0.1, 0.15) is 18.1 Å².